The van der Waals surface area contributed by atoms with Crippen LogP contribution in [0.2, 0.25) is 5.02 Å². The molecule has 10 nitrogen and oxygen atoms in total. The number of ether oxygens (including phenoxy) is 2. The summed E-state index contributed by atoms with van der Waals surface area (Å²) in [4.78, 5) is 17.6. The molecular weight excluding hydrogens is 643 g/mol. The molecule has 0 amide bonds. The number of hydrogen-bond acceptors (Lipinski definition) is 10. The molecule has 0 bridgehead atoms. The van der Waals surface area contributed by atoms with Crippen LogP contribution in [0, 0.1) is 5.82 Å². The number of aromatic nitrogens is 4. The van der Waals surface area contributed by atoms with Crippen molar-refractivity contribution < 1.29 is 22.3 Å². The minimum atomic E-state index is -3.45. The van der Waals surface area contributed by atoms with Gasteiger partial charge in [-0.1, -0.05) is 29.8 Å². The molecule has 0 fully saturated rings. The Labute approximate surface area is 277 Å². The normalized spacial score (nSPS) is 15.9. The highest BCUT2D eigenvalue weighted by molar-refractivity contribution is 7.91. The van der Waals surface area contributed by atoms with E-state index in [1.807, 2.05) is 18.2 Å². The van der Waals surface area contributed by atoms with Gasteiger partial charge in [0.1, 0.15) is 30.3 Å². The van der Waals surface area contributed by atoms with Crippen LogP contribution in [-0.4, -0.2) is 47.2 Å². The molecule has 6 rings (SSSR count). The van der Waals surface area contributed by atoms with E-state index in [4.69, 9.17) is 26.1 Å². The van der Waals surface area contributed by atoms with Crippen LogP contribution in [0.3, 0.4) is 0 Å². The molecule has 0 aliphatic carbocycles. The van der Waals surface area contributed by atoms with Crippen molar-refractivity contribution in [1.82, 2.24) is 25.3 Å². The lowest BCUT2D eigenvalue weighted by Gasteiger charge is -2.28. The van der Waals surface area contributed by atoms with Crippen LogP contribution in [0.1, 0.15) is 30.5 Å². The largest absolute Gasteiger partial charge is 0.489 e. The summed E-state index contributed by atoms with van der Waals surface area (Å²) in [5.74, 6) is 0.678. The Morgan fingerprint density at radius 3 is 2.70 bits per heavy atom. The van der Waals surface area contributed by atoms with Crippen molar-refractivity contribution in [2.75, 3.05) is 24.2 Å². The summed E-state index contributed by atoms with van der Waals surface area (Å²) in [6.45, 7) is 1.10. The van der Waals surface area contributed by atoms with Gasteiger partial charge in [0.05, 0.1) is 34.4 Å². The van der Waals surface area contributed by atoms with Gasteiger partial charge in [0.2, 0.25) is 0 Å². The number of halogens is 2. The second-order valence-corrected chi connectivity index (χ2v) is 13.5. The third kappa shape index (κ3) is 7.84. The maximum Gasteiger partial charge on any atom is 0.196 e. The summed E-state index contributed by atoms with van der Waals surface area (Å²) in [6, 6.07) is 18.3. The molecule has 0 saturated carbocycles. The standard InChI is InChI=1S/C34H32ClFN6O4S/c35-28-19-26(9-10-30(28)45-22-24-6-3-7-25(36)18-24)42-33-27-20-31(39-21-29(27)40-23-41-33)34(12-5-16-46-34)11-4-13-37-15-17-47(43,44)32-8-1-2-14-38-32/h1-3,5-10,14,16,18-21,23,37H,4,11-13,15,17,22H2,(H,40,41,42). The average molecular weight is 675 g/mol. The van der Waals surface area contributed by atoms with Crippen LogP contribution in [-0.2, 0) is 26.8 Å². The van der Waals surface area contributed by atoms with Crippen LogP contribution in [0.15, 0.2) is 103 Å². The first kappa shape index (κ1) is 32.3. The maximum atomic E-state index is 13.5. The molecule has 47 heavy (non-hydrogen) atoms. The van der Waals surface area contributed by atoms with Crippen LogP contribution in [0.4, 0.5) is 15.9 Å². The van der Waals surface area contributed by atoms with Gasteiger partial charge in [-0.3, -0.25) is 4.98 Å². The number of anilines is 2. The number of benzene rings is 2. The minimum Gasteiger partial charge on any atom is -0.489 e. The summed E-state index contributed by atoms with van der Waals surface area (Å²) in [5.41, 5.74) is 2.11. The number of sulfone groups is 1. The average Bonchev–Trinajstić information content (AvgIpc) is 3.56. The van der Waals surface area contributed by atoms with Gasteiger partial charge in [-0.25, -0.2) is 27.8 Å². The first-order valence-corrected chi connectivity index (χ1v) is 17.1. The van der Waals surface area contributed by atoms with Gasteiger partial charge in [0, 0.05) is 30.2 Å². The van der Waals surface area contributed by atoms with E-state index in [1.54, 1.807) is 48.9 Å². The van der Waals surface area contributed by atoms with Gasteiger partial charge in [0.15, 0.2) is 20.5 Å². The fourth-order valence-electron chi connectivity index (χ4n) is 5.31. The van der Waals surface area contributed by atoms with Crippen LogP contribution in [0.5, 0.6) is 5.75 Å². The Balaban J connectivity index is 1.10. The van der Waals surface area contributed by atoms with Crippen molar-refractivity contribution in [3.8, 4) is 5.75 Å². The predicted molar refractivity (Wildman–Crippen MR) is 178 cm³/mol. The van der Waals surface area contributed by atoms with Crippen molar-refractivity contribution in [3.63, 3.8) is 0 Å². The van der Waals surface area contributed by atoms with Crippen LogP contribution >= 0.6 is 11.6 Å². The topological polar surface area (TPSA) is 128 Å². The number of hydrogen-bond donors (Lipinski definition) is 2. The van der Waals surface area contributed by atoms with Crippen LogP contribution in [0.25, 0.3) is 10.9 Å². The molecule has 0 spiro atoms. The van der Waals surface area contributed by atoms with Gasteiger partial charge in [-0.15, -0.1) is 0 Å². The highest BCUT2D eigenvalue weighted by atomic mass is 35.5. The van der Waals surface area contributed by atoms with Gasteiger partial charge < -0.3 is 20.1 Å². The fraction of sp³-hybridized carbons (Fsp3) is 0.235. The first-order chi connectivity index (χ1) is 22.8. The predicted octanol–water partition coefficient (Wildman–Crippen LogP) is 6.51. The minimum absolute atomic E-state index is 0.0366. The lowest BCUT2D eigenvalue weighted by atomic mass is 9.90. The second kappa shape index (κ2) is 14.4. The molecule has 2 aromatic carbocycles. The van der Waals surface area contributed by atoms with Crippen LogP contribution < -0.4 is 15.4 Å². The zero-order valence-electron chi connectivity index (χ0n) is 25.3. The zero-order valence-corrected chi connectivity index (χ0v) is 26.8. The molecule has 13 heteroatoms. The van der Waals surface area contributed by atoms with Gasteiger partial charge in [-0.05, 0) is 79.6 Å². The molecule has 4 heterocycles. The Morgan fingerprint density at radius 1 is 1.00 bits per heavy atom. The summed E-state index contributed by atoms with van der Waals surface area (Å²) < 4.78 is 50.5. The molecule has 2 N–H and O–H groups in total. The molecule has 1 aliphatic heterocycles. The smallest absolute Gasteiger partial charge is 0.196 e. The summed E-state index contributed by atoms with van der Waals surface area (Å²) >= 11 is 6.53. The highest BCUT2D eigenvalue weighted by Gasteiger charge is 2.36. The molecule has 242 valence electrons. The quantitative estimate of drug-likeness (QED) is 0.126. The molecule has 1 unspecified atom stereocenters. The van der Waals surface area contributed by atoms with Gasteiger partial charge >= 0.3 is 0 Å². The number of pyridine rings is 2. The third-order valence-electron chi connectivity index (χ3n) is 7.74. The molecule has 5 aromatic rings. The number of nitrogens with zero attached hydrogens (tertiary/aromatic N) is 4. The monoisotopic (exact) mass is 674 g/mol. The lowest BCUT2D eigenvalue weighted by molar-refractivity contribution is 0.0265. The molecule has 1 atom stereocenters. The number of rotatable bonds is 14. The maximum absolute atomic E-state index is 13.5. The highest BCUT2D eigenvalue weighted by Crippen LogP contribution is 2.39. The number of nitrogens with one attached hydrogen (secondary N) is 2. The lowest BCUT2D eigenvalue weighted by Crippen LogP contribution is -2.29. The molecule has 0 saturated heterocycles. The van der Waals surface area contributed by atoms with E-state index in [2.05, 4.69) is 25.6 Å². The molecular formula is C34H32ClFN6O4S. The van der Waals surface area contributed by atoms with Crippen molar-refractivity contribution in [1.29, 1.82) is 0 Å². The van der Waals surface area contributed by atoms with E-state index >= 15 is 0 Å². The number of fused-ring (bicyclic) bond motifs is 1. The summed E-state index contributed by atoms with van der Waals surface area (Å²) in [5, 5.41) is 7.78. The fourth-order valence-corrected chi connectivity index (χ4v) is 6.68. The SMILES string of the molecule is O=S(=O)(CCNCCCC1(c2cc3c(Nc4ccc(OCc5cccc(F)c5)c(Cl)c4)ncnc3cn2)CC=CO1)c1ccccn1. The van der Waals surface area contributed by atoms with Crippen molar-refractivity contribution >= 4 is 43.8 Å². The van der Waals surface area contributed by atoms with E-state index in [1.165, 1.54) is 30.7 Å². The van der Waals surface area contributed by atoms with Crippen molar-refractivity contribution in [2.24, 2.45) is 0 Å². The Kier molecular flexibility index (Phi) is 9.90. The van der Waals surface area contributed by atoms with E-state index in [0.717, 1.165) is 17.5 Å². The van der Waals surface area contributed by atoms with Crippen molar-refractivity contribution in [2.45, 2.75) is 36.5 Å². The van der Waals surface area contributed by atoms with E-state index in [9.17, 15) is 12.8 Å². The summed E-state index contributed by atoms with van der Waals surface area (Å²) in [6.07, 6.45) is 10.3. The Hall–Kier alpha value is -4.65. The van der Waals surface area contributed by atoms with Gasteiger partial charge in [-0.2, -0.15) is 0 Å². The van der Waals surface area contributed by atoms with Gasteiger partial charge in [0.25, 0.3) is 0 Å². The Morgan fingerprint density at radius 2 is 1.91 bits per heavy atom. The second-order valence-electron chi connectivity index (χ2n) is 11.0. The molecule has 1 aliphatic rings. The van der Waals surface area contributed by atoms with Crippen molar-refractivity contribution in [3.05, 3.63) is 120 Å². The Bertz CT molecular complexity index is 1990. The molecule has 3 aromatic heterocycles. The zero-order chi connectivity index (χ0) is 32.7. The summed E-state index contributed by atoms with van der Waals surface area (Å²) in [7, 11) is -3.45. The van der Waals surface area contributed by atoms with E-state index in [-0.39, 0.29) is 23.2 Å². The first-order valence-electron chi connectivity index (χ1n) is 15.0. The molecule has 0 radical (unpaired) electrons. The van der Waals surface area contributed by atoms with E-state index < -0.39 is 15.4 Å². The third-order valence-corrected chi connectivity index (χ3v) is 9.66. The van der Waals surface area contributed by atoms with E-state index in [0.29, 0.717) is 59.3 Å².